The second-order valence-corrected chi connectivity index (χ2v) is 5.12. The van der Waals surface area contributed by atoms with E-state index < -0.39 is 22.9 Å². The van der Waals surface area contributed by atoms with Crippen LogP contribution >= 0.6 is 0 Å². The second kappa shape index (κ2) is 6.00. The van der Waals surface area contributed by atoms with Crippen molar-refractivity contribution in [3.05, 3.63) is 33.9 Å². The Bertz CT molecular complexity index is 630. The monoisotopic (exact) mass is 308 g/mol. The van der Waals surface area contributed by atoms with Crippen LogP contribution < -0.4 is 4.74 Å². The number of likely N-dealkylation sites (tertiary alicyclic amines) is 1. The van der Waals surface area contributed by atoms with Gasteiger partial charge < -0.3 is 14.7 Å². The van der Waals surface area contributed by atoms with Crippen LogP contribution in [0.25, 0.3) is 0 Å². The third kappa shape index (κ3) is 2.72. The molecule has 1 aromatic carbocycles. The van der Waals surface area contributed by atoms with E-state index in [1.54, 1.807) is 6.92 Å². The van der Waals surface area contributed by atoms with E-state index in [4.69, 9.17) is 9.84 Å². The number of carboxylic acids is 1. The van der Waals surface area contributed by atoms with Gasteiger partial charge in [0.15, 0.2) is 5.75 Å². The van der Waals surface area contributed by atoms with E-state index in [1.807, 2.05) is 0 Å². The van der Waals surface area contributed by atoms with Crippen LogP contribution in [0.15, 0.2) is 18.2 Å². The minimum atomic E-state index is -0.927. The highest BCUT2D eigenvalue weighted by Crippen LogP contribution is 2.30. The van der Waals surface area contributed by atoms with Gasteiger partial charge >= 0.3 is 11.7 Å². The third-order valence-electron chi connectivity index (χ3n) is 3.96. The Morgan fingerprint density at radius 3 is 2.64 bits per heavy atom. The zero-order valence-electron chi connectivity index (χ0n) is 12.2. The van der Waals surface area contributed by atoms with Crippen molar-refractivity contribution in [1.82, 2.24) is 4.90 Å². The lowest BCUT2D eigenvalue weighted by atomic mass is 10.0. The zero-order valence-corrected chi connectivity index (χ0v) is 12.2. The minimum absolute atomic E-state index is 0.00233. The van der Waals surface area contributed by atoms with E-state index in [1.165, 1.54) is 30.2 Å². The molecule has 2 atom stereocenters. The predicted octanol–water partition coefficient (Wildman–Crippen LogP) is 1.54. The van der Waals surface area contributed by atoms with Crippen LogP contribution in [0.3, 0.4) is 0 Å². The molecule has 0 bridgehead atoms. The molecule has 0 aromatic heterocycles. The summed E-state index contributed by atoms with van der Waals surface area (Å²) < 4.78 is 4.94. The number of benzene rings is 1. The first-order valence-electron chi connectivity index (χ1n) is 6.73. The molecule has 2 rings (SSSR count). The summed E-state index contributed by atoms with van der Waals surface area (Å²) in [4.78, 5) is 35.3. The van der Waals surface area contributed by atoms with E-state index in [-0.39, 0.29) is 22.9 Å². The number of aliphatic carboxylic acids is 1. The van der Waals surface area contributed by atoms with Crippen molar-refractivity contribution in [2.24, 2.45) is 5.92 Å². The Kier molecular flexibility index (Phi) is 4.30. The number of carbonyl (C=O) groups is 2. The number of nitro groups is 1. The van der Waals surface area contributed by atoms with Crippen molar-refractivity contribution in [1.29, 1.82) is 0 Å². The van der Waals surface area contributed by atoms with Crippen molar-refractivity contribution < 1.29 is 24.4 Å². The summed E-state index contributed by atoms with van der Waals surface area (Å²) in [5, 5.41) is 20.0. The molecule has 1 fully saturated rings. The number of carboxylic acid groups (broad SMARTS) is 1. The summed E-state index contributed by atoms with van der Waals surface area (Å²) in [6, 6.07) is 3.44. The number of rotatable bonds is 4. The van der Waals surface area contributed by atoms with E-state index in [9.17, 15) is 19.7 Å². The van der Waals surface area contributed by atoms with Gasteiger partial charge in [-0.3, -0.25) is 19.7 Å². The molecule has 1 heterocycles. The largest absolute Gasteiger partial charge is 0.490 e. The lowest BCUT2D eigenvalue weighted by Crippen LogP contribution is -2.37. The van der Waals surface area contributed by atoms with Gasteiger partial charge in [-0.2, -0.15) is 0 Å². The Labute approximate surface area is 126 Å². The van der Waals surface area contributed by atoms with Crippen molar-refractivity contribution in [3.8, 4) is 5.75 Å². The zero-order chi connectivity index (χ0) is 16.4. The average molecular weight is 308 g/mol. The van der Waals surface area contributed by atoms with Gasteiger partial charge in [0.25, 0.3) is 5.91 Å². The number of nitrogens with zero attached hydrogens (tertiary/aromatic N) is 2. The Balaban J connectivity index is 2.27. The lowest BCUT2D eigenvalue weighted by molar-refractivity contribution is -0.385. The van der Waals surface area contributed by atoms with Gasteiger partial charge in [-0.15, -0.1) is 0 Å². The van der Waals surface area contributed by atoms with Crippen LogP contribution in [0.2, 0.25) is 0 Å². The molecule has 0 spiro atoms. The van der Waals surface area contributed by atoms with Crippen molar-refractivity contribution >= 4 is 17.6 Å². The number of hydrogen-bond donors (Lipinski definition) is 1. The predicted molar refractivity (Wildman–Crippen MR) is 75.9 cm³/mol. The maximum atomic E-state index is 12.5. The molecule has 1 aliphatic rings. The fourth-order valence-electron chi connectivity index (χ4n) is 2.68. The van der Waals surface area contributed by atoms with Gasteiger partial charge in [-0.25, -0.2) is 0 Å². The van der Waals surface area contributed by atoms with Gasteiger partial charge in [-0.05, 0) is 19.4 Å². The summed E-state index contributed by atoms with van der Waals surface area (Å²) in [7, 11) is 1.29. The average Bonchev–Trinajstić information content (AvgIpc) is 2.87. The SMILES string of the molecule is COc1cc(C(=O)N2CCC(C(=O)O)C2C)ccc1[N+](=O)[O-]. The van der Waals surface area contributed by atoms with Gasteiger partial charge in [0, 0.05) is 30.3 Å². The van der Waals surface area contributed by atoms with Crippen LogP contribution in [0, 0.1) is 16.0 Å². The molecule has 0 radical (unpaired) electrons. The molecule has 1 aromatic rings. The van der Waals surface area contributed by atoms with Crippen LogP contribution in [0.4, 0.5) is 5.69 Å². The number of amides is 1. The number of hydrogen-bond acceptors (Lipinski definition) is 5. The first-order valence-corrected chi connectivity index (χ1v) is 6.73. The lowest BCUT2D eigenvalue weighted by Gasteiger charge is -2.23. The van der Waals surface area contributed by atoms with Crippen LogP contribution in [-0.2, 0) is 4.79 Å². The Hall–Kier alpha value is -2.64. The van der Waals surface area contributed by atoms with Gasteiger partial charge in [0.05, 0.1) is 18.0 Å². The molecular weight excluding hydrogens is 292 g/mol. The van der Waals surface area contributed by atoms with E-state index in [0.29, 0.717) is 13.0 Å². The first kappa shape index (κ1) is 15.7. The molecule has 22 heavy (non-hydrogen) atoms. The highest BCUT2D eigenvalue weighted by atomic mass is 16.6. The van der Waals surface area contributed by atoms with E-state index in [2.05, 4.69) is 0 Å². The fourth-order valence-corrected chi connectivity index (χ4v) is 2.68. The number of nitro benzene ring substituents is 1. The molecule has 2 unspecified atom stereocenters. The van der Waals surface area contributed by atoms with Crippen LogP contribution in [-0.4, -0.2) is 46.5 Å². The number of methoxy groups -OCH3 is 1. The molecular formula is C14H16N2O6. The smallest absolute Gasteiger partial charge is 0.310 e. The first-order chi connectivity index (χ1) is 10.4. The topological polar surface area (TPSA) is 110 Å². The number of carbonyl (C=O) groups excluding carboxylic acids is 1. The molecule has 118 valence electrons. The van der Waals surface area contributed by atoms with Gasteiger partial charge in [-0.1, -0.05) is 0 Å². The molecule has 1 amide bonds. The summed E-state index contributed by atoms with van der Waals surface area (Å²) in [6.07, 6.45) is 0.395. The Morgan fingerprint density at radius 2 is 2.14 bits per heavy atom. The summed E-state index contributed by atoms with van der Waals surface area (Å²) in [5.41, 5.74) is 0.0114. The molecule has 1 aliphatic heterocycles. The number of ether oxygens (including phenoxy) is 1. The summed E-state index contributed by atoms with van der Waals surface area (Å²) in [5.74, 6) is -1.88. The van der Waals surface area contributed by atoms with E-state index >= 15 is 0 Å². The molecule has 0 aliphatic carbocycles. The standard InChI is InChI=1S/C14H16N2O6/c1-8-10(14(18)19)5-6-15(8)13(17)9-3-4-11(16(20)21)12(7-9)22-2/h3-4,7-8,10H,5-6H2,1-2H3,(H,18,19). The maximum absolute atomic E-state index is 12.5. The fraction of sp³-hybridized carbons (Fsp3) is 0.429. The Morgan fingerprint density at radius 1 is 1.45 bits per heavy atom. The summed E-state index contributed by atoms with van der Waals surface area (Å²) >= 11 is 0. The molecule has 8 heteroatoms. The van der Waals surface area contributed by atoms with Crippen molar-refractivity contribution in [2.75, 3.05) is 13.7 Å². The van der Waals surface area contributed by atoms with Crippen LogP contribution in [0.5, 0.6) is 5.75 Å². The minimum Gasteiger partial charge on any atom is -0.490 e. The highest BCUT2D eigenvalue weighted by molar-refractivity contribution is 5.96. The maximum Gasteiger partial charge on any atom is 0.310 e. The highest BCUT2D eigenvalue weighted by Gasteiger charge is 2.38. The molecule has 8 nitrogen and oxygen atoms in total. The van der Waals surface area contributed by atoms with Gasteiger partial charge in [0.2, 0.25) is 0 Å². The van der Waals surface area contributed by atoms with Crippen LogP contribution in [0.1, 0.15) is 23.7 Å². The second-order valence-electron chi connectivity index (χ2n) is 5.12. The van der Waals surface area contributed by atoms with E-state index in [0.717, 1.165) is 0 Å². The molecule has 1 saturated heterocycles. The van der Waals surface area contributed by atoms with Gasteiger partial charge in [0.1, 0.15) is 0 Å². The van der Waals surface area contributed by atoms with Crippen molar-refractivity contribution in [2.45, 2.75) is 19.4 Å². The van der Waals surface area contributed by atoms with Crippen molar-refractivity contribution in [3.63, 3.8) is 0 Å². The quantitative estimate of drug-likeness (QED) is 0.667. The molecule has 0 saturated carbocycles. The normalized spacial score (nSPS) is 20.7. The summed E-state index contributed by atoms with van der Waals surface area (Å²) in [6.45, 7) is 2.03. The molecule has 1 N–H and O–H groups in total. The third-order valence-corrected chi connectivity index (χ3v) is 3.96.